The summed E-state index contributed by atoms with van der Waals surface area (Å²) < 4.78 is -0.595. The molecule has 3 unspecified atom stereocenters. The van der Waals surface area contributed by atoms with Gasteiger partial charge in [-0.15, -0.1) is 11.8 Å². The van der Waals surface area contributed by atoms with Crippen LogP contribution in [-0.2, 0) is 4.79 Å². The zero-order valence-corrected chi connectivity index (χ0v) is 21.4. The molecule has 0 spiro atoms. The number of hydrogen-bond donors (Lipinski definition) is 1. The highest BCUT2D eigenvalue weighted by molar-refractivity contribution is 8.01. The number of unbranched alkanes of at least 4 members (excludes halogenated alkanes) is 3. The number of aliphatic carboxylic acids is 1. The van der Waals surface area contributed by atoms with E-state index >= 15 is 0 Å². The largest absolute Gasteiger partial charge is 0.480 e. The van der Waals surface area contributed by atoms with Crippen LogP contribution in [0.4, 0.5) is 0 Å². The van der Waals surface area contributed by atoms with Gasteiger partial charge in [0, 0.05) is 0 Å². The molecule has 0 saturated carbocycles. The van der Waals surface area contributed by atoms with Crippen molar-refractivity contribution in [2.45, 2.75) is 136 Å². The molecule has 1 N–H and O–H groups in total. The molecule has 3 heteroatoms. The highest BCUT2D eigenvalue weighted by Gasteiger charge is 2.42. The normalized spacial score (nSPS) is 16.9. The lowest BCUT2D eigenvalue weighted by atomic mass is 9.81. The number of thioether (sulfide) groups is 1. The van der Waals surface area contributed by atoms with Crippen molar-refractivity contribution in [3.8, 4) is 0 Å². The minimum absolute atomic E-state index is 0.540. The maximum Gasteiger partial charge on any atom is 0.319 e. The molecule has 0 aromatic carbocycles. The Morgan fingerprint density at radius 2 is 1.10 bits per heavy atom. The minimum Gasteiger partial charge on any atom is -0.480 e. The maximum atomic E-state index is 12.8. The summed E-state index contributed by atoms with van der Waals surface area (Å²) >= 11 is 1.81. The van der Waals surface area contributed by atoms with Gasteiger partial charge in [-0.3, -0.25) is 4.79 Å². The Labute approximate surface area is 187 Å². The summed E-state index contributed by atoms with van der Waals surface area (Å²) in [5, 5.41) is 10.5. The lowest BCUT2D eigenvalue weighted by Gasteiger charge is -2.36. The molecule has 3 atom stereocenters. The molecule has 0 aliphatic heterocycles. The predicted molar refractivity (Wildman–Crippen MR) is 132 cm³/mol. The van der Waals surface area contributed by atoms with Crippen molar-refractivity contribution in [2.75, 3.05) is 5.75 Å². The Kier molecular flexibility index (Phi) is 17.4. The van der Waals surface area contributed by atoms with E-state index in [2.05, 4.69) is 41.5 Å². The molecule has 0 rings (SSSR count). The smallest absolute Gasteiger partial charge is 0.319 e. The Hall–Kier alpha value is -0.180. The lowest BCUT2D eigenvalue weighted by molar-refractivity contribution is -0.141. The molecular formula is C26H52O2S. The Morgan fingerprint density at radius 3 is 1.41 bits per heavy atom. The van der Waals surface area contributed by atoms with Crippen molar-refractivity contribution in [2.24, 2.45) is 17.8 Å². The first-order chi connectivity index (χ1) is 13.9. The molecule has 0 aromatic rings. The van der Waals surface area contributed by atoms with E-state index in [0.29, 0.717) is 17.8 Å². The second kappa shape index (κ2) is 17.5. The van der Waals surface area contributed by atoms with Crippen LogP contribution in [0.1, 0.15) is 131 Å². The molecule has 0 heterocycles. The van der Waals surface area contributed by atoms with Crippen LogP contribution in [0.5, 0.6) is 0 Å². The number of carbonyl (C=O) groups is 1. The molecule has 174 valence electrons. The molecule has 2 nitrogen and oxygen atoms in total. The molecular weight excluding hydrogens is 376 g/mol. The van der Waals surface area contributed by atoms with E-state index in [1.165, 1.54) is 64.2 Å². The van der Waals surface area contributed by atoms with Gasteiger partial charge in [0.2, 0.25) is 0 Å². The summed E-state index contributed by atoms with van der Waals surface area (Å²) in [6.45, 7) is 13.5. The van der Waals surface area contributed by atoms with Gasteiger partial charge in [-0.25, -0.2) is 0 Å². The van der Waals surface area contributed by atoms with Gasteiger partial charge in [-0.05, 0) is 42.8 Å². The Morgan fingerprint density at radius 1 is 0.724 bits per heavy atom. The first-order valence-electron chi connectivity index (χ1n) is 12.8. The van der Waals surface area contributed by atoms with Crippen LogP contribution in [-0.4, -0.2) is 21.6 Å². The zero-order valence-electron chi connectivity index (χ0n) is 20.6. The molecule has 0 aliphatic rings. The summed E-state index contributed by atoms with van der Waals surface area (Å²) in [5.74, 6) is 2.20. The minimum atomic E-state index is -0.595. The standard InChI is InChI=1S/C26H52O2S/c1-7-13-16-22(10-4)19-26(25(27)28,20-23(11-5)17-14-8-2)29-21-24(12-6)18-15-9-3/h22-24H,7-21H2,1-6H3,(H,27,28). The van der Waals surface area contributed by atoms with E-state index in [-0.39, 0.29) is 0 Å². The van der Waals surface area contributed by atoms with Crippen LogP contribution >= 0.6 is 11.8 Å². The summed E-state index contributed by atoms with van der Waals surface area (Å²) in [6, 6.07) is 0. The average molecular weight is 429 g/mol. The number of rotatable bonds is 20. The van der Waals surface area contributed by atoms with E-state index in [4.69, 9.17) is 0 Å². The molecule has 0 saturated heterocycles. The third kappa shape index (κ3) is 11.7. The van der Waals surface area contributed by atoms with Crippen molar-refractivity contribution in [3.63, 3.8) is 0 Å². The van der Waals surface area contributed by atoms with Crippen LogP contribution in [0.3, 0.4) is 0 Å². The molecule has 0 amide bonds. The molecule has 0 fully saturated rings. The van der Waals surface area contributed by atoms with Gasteiger partial charge in [0.15, 0.2) is 0 Å². The fraction of sp³-hybridized carbons (Fsp3) is 0.962. The van der Waals surface area contributed by atoms with Crippen molar-refractivity contribution < 1.29 is 9.90 Å². The average Bonchev–Trinajstić information content (AvgIpc) is 2.73. The summed E-state index contributed by atoms with van der Waals surface area (Å²) in [7, 11) is 0. The third-order valence-corrected chi connectivity index (χ3v) is 8.55. The van der Waals surface area contributed by atoms with Gasteiger partial charge >= 0.3 is 5.97 Å². The van der Waals surface area contributed by atoms with Crippen LogP contribution in [0.25, 0.3) is 0 Å². The Bertz CT molecular complexity index is 378. The van der Waals surface area contributed by atoms with Crippen LogP contribution < -0.4 is 0 Å². The van der Waals surface area contributed by atoms with E-state index in [9.17, 15) is 9.90 Å². The monoisotopic (exact) mass is 428 g/mol. The number of carboxylic acids is 1. The van der Waals surface area contributed by atoms with Crippen LogP contribution in [0.2, 0.25) is 0 Å². The number of carboxylic acid groups (broad SMARTS) is 1. The molecule has 0 radical (unpaired) electrons. The predicted octanol–water partition coefficient (Wildman–Crippen LogP) is 8.97. The second-order valence-corrected chi connectivity index (χ2v) is 10.7. The SMILES string of the molecule is CCCCC(CC)CSC(CC(CC)CCCC)(CC(CC)CCCC)C(=O)O. The van der Waals surface area contributed by atoms with Gasteiger partial charge in [0.25, 0.3) is 0 Å². The van der Waals surface area contributed by atoms with Crippen molar-refractivity contribution in [1.29, 1.82) is 0 Å². The maximum absolute atomic E-state index is 12.8. The fourth-order valence-electron chi connectivity index (χ4n) is 4.43. The van der Waals surface area contributed by atoms with Crippen molar-refractivity contribution >= 4 is 17.7 Å². The molecule has 0 aromatic heterocycles. The molecule has 0 aliphatic carbocycles. The van der Waals surface area contributed by atoms with Crippen molar-refractivity contribution in [1.82, 2.24) is 0 Å². The van der Waals surface area contributed by atoms with Gasteiger partial charge in [-0.1, -0.05) is 112 Å². The molecule has 29 heavy (non-hydrogen) atoms. The Balaban J connectivity index is 5.51. The first kappa shape index (κ1) is 28.8. The molecule has 0 bridgehead atoms. The van der Waals surface area contributed by atoms with E-state index in [1.807, 2.05) is 11.8 Å². The van der Waals surface area contributed by atoms with Crippen molar-refractivity contribution in [3.05, 3.63) is 0 Å². The topological polar surface area (TPSA) is 37.3 Å². The van der Waals surface area contributed by atoms with Gasteiger partial charge in [-0.2, -0.15) is 0 Å². The second-order valence-electron chi connectivity index (χ2n) is 9.27. The van der Waals surface area contributed by atoms with Crippen LogP contribution in [0.15, 0.2) is 0 Å². The highest BCUT2D eigenvalue weighted by Crippen LogP contribution is 2.43. The van der Waals surface area contributed by atoms with E-state index in [0.717, 1.165) is 31.4 Å². The fourth-order valence-corrected chi connectivity index (χ4v) is 6.22. The quantitative estimate of drug-likeness (QED) is 0.210. The summed E-state index contributed by atoms with van der Waals surface area (Å²) in [5.41, 5.74) is 0. The first-order valence-corrected chi connectivity index (χ1v) is 13.8. The summed E-state index contributed by atoms with van der Waals surface area (Å²) in [6.07, 6.45) is 16.0. The van der Waals surface area contributed by atoms with Gasteiger partial charge < -0.3 is 5.11 Å². The summed E-state index contributed by atoms with van der Waals surface area (Å²) in [4.78, 5) is 12.8. The third-order valence-electron chi connectivity index (χ3n) is 6.85. The van der Waals surface area contributed by atoms with E-state index in [1.54, 1.807) is 0 Å². The number of hydrogen-bond acceptors (Lipinski definition) is 2. The van der Waals surface area contributed by atoms with Gasteiger partial charge in [0.05, 0.1) is 0 Å². The van der Waals surface area contributed by atoms with E-state index < -0.39 is 10.7 Å². The zero-order chi connectivity index (χ0) is 22.1. The highest BCUT2D eigenvalue weighted by atomic mass is 32.2. The van der Waals surface area contributed by atoms with Gasteiger partial charge in [0.1, 0.15) is 4.75 Å². The lowest BCUT2D eigenvalue weighted by Crippen LogP contribution is -2.40. The van der Waals surface area contributed by atoms with Crippen LogP contribution in [0, 0.1) is 17.8 Å².